The molecular weight excluding hydrogens is 462 g/mol. The summed E-state index contributed by atoms with van der Waals surface area (Å²) in [5.74, 6) is 0.208. The van der Waals surface area contributed by atoms with Crippen LogP contribution in [-0.2, 0) is 5.41 Å². The average molecular weight is 498 g/mol. The molecule has 0 aliphatic carbocycles. The van der Waals surface area contributed by atoms with Crippen LogP contribution in [0.4, 0.5) is 28.6 Å². The van der Waals surface area contributed by atoms with Crippen molar-refractivity contribution in [2.45, 2.75) is 38.1 Å². The van der Waals surface area contributed by atoms with Crippen molar-refractivity contribution < 1.29 is 4.79 Å². The van der Waals surface area contributed by atoms with Crippen LogP contribution in [0.25, 0.3) is 0 Å². The predicted molar refractivity (Wildman–Crippen MR) is 152 cm³/mol. The molecule has 0 unspecified atom stereocenters. The van der Waals surface area contributed by atoms with Crippen molar-refractivity contribution in [3.05, 3.63) is 71.4 Å². The van der Waals surface area contributed by atoms with Crippen molar-refractivity contribution in [1.29, 1.82) is 5.41 Å². The molecule has 0 bridgehead atoms. The quantitative estimate of drug-likeness (QED) is 0.286. The lowest BCUT2D eigenvalue weighted by Gasteiger charge is -2.37. The van der Waals surface area contributed by atoms with E-state index in [1.54, 1.807) is 30.5 Å². The number of fused-ring (bicyclic) bond motifs is 1. The van der Waals surface area contributed by atoms with Gasteiger partial charge in [0.25, 0.3) is 5.91 Å². The zero-order chi connectivity index (χ0) is 26.2. The molecule has 8 nitrogen and oxygen atoms in total. The van der Waals surface area contributed by atoms with Crippen LogP contribution < -0.4 is 21.3 Å². The summed E-state index contributed by atoms with van der Waals surface area (Å²) < 4.78 is 0. The number of nitrogens with one attached hydrogen (secondary N) is 3. The summed E-state index contributed by atoms with van der Waals surface area (Å²) in [7, 11) is 2.19. The molecule has 0 radical (unpaired) electrons. The van der Waals surface area contributed by atoms with Crippen LogP contribution in [0.5, 0.6) is 0 Å². The number of nitrogens with zero attached hydrogens (tertiary/aromatic N) is 3. The van der Waals surface area contributed by atoms with Crippen LogP contribution >= 0.6 is 0 Å². The standard InChI is InChI=1S/C29H35N7O/c1-29(2)18-36(22-10-13-35(3)14-11-22)26-16-21(8-9-24(26)29)34-28(37)23-5-4-12-32-27(23)33-20-7-6-19(17-30)25(31)15-20/h4-9,12,15-17,22,30H,10-11,13-14,18,31H2,1-3H3,(H,32,33)(H,34,37). The van der Waals surface area contributed by atoms with Gasteiger partial charge in [-0.1, -0.05) is 19.9 Å². The number of hydrogen-bond acceptors (Lipinski definition) is 7. The lowest BCUT2D eigenvalue weighted by atomic mass is 9.87. The van der Waals surface area contributed by atoms with Crippen LogP contribution in [0.2, 0.25) is 0 Å². The highest BCUT2D eigenvalue weighted by atomic mass is 16.1. The highest BCUT2D eigenvalue weighted by molar-refractivity contribution is 6.08. The van der Waals surface area contributed by atoms with Gasteiger partial charge in [0, 0.05) is 58.7 Å². The summed E-state index contributed by atoms with van der Waals surface area (Å²) in [6, 6.07) is 15.6. The summed E-state index contributed by atoms with van der Waals surface area (Å²) in [5, 5.41) is 13.7. The minimum absolute atomic E-state index is 0.0662. The lowest BCUT2D eigenvalue weighted by Crippen LogP contribution is -2.44. The molecule has 5 N–H and O–H groups in total. The van der Waals surface area contributed by atoms with Crippen molar-refractivity contribution in [2.24, 2.45) is 0 Å². The molecule has 1 saturated heterocycles. The molecule has 3 aromatic rings. The number of rotatable bonds is 6. The van der Waals surface area contributed by atoms with E-state index in [-0.39, 0.29) is 11.3 Å². The first-order chi connectivity index (χ1) is 17.7. The van der Waals surface area contributed by atoms with Gasteiger partial charge in [-0.05, 0) is 81.0 Å². The number of benzene rings is 2. The van der Waals surface area contributed by atoms with Crippen LogP contribution in [-0.4, -0.2) is 54.7 Å². The third-order valence-corrected chi connectivity index (χ3v) is 7.55. The maximum Gasteiger partial charge on any atom is 0.259 e. The van der Waals surface area contributed by atoms with Gasteiger partial charge >= 0.3 is 0 Å². The van der Waals surface area contributed by atoms with Gasteiger partial charge in [-0.2, -0.15) is 0 Å². The fraction of sp³-hybridized carbons (Fsp3) is 0.345. The van der Waals surface area contributed by atoms with E-state index in [2.05, 4.69) is 58.4 Å². The fourth-order valence-electron chi connectivity index (χ4n) is 5.46. The first kappa shape index (κ1) is 24.8. The Morgan fingerprint density at radius 2 is 1.89 bits per heavy atom. The highest BCUT2D eigenvalue weighted by Gasteiger charge is 2.39. The van der Waals surface area contributed by atoms with Crippen molar-refractivity contribution >= 4 is 40.7 Å². The Hall–Kier alpha value is -3.91. The Balaban J connectivity index is 1.37. The molecule has 1 fully saturated rings. The Labute approximate surface area is 218 Å². The van der Waals surface area contributed by atoms with E-state index >= 15 is 0 Å². The number of likely N-dealkylation sites (tertiary alicyclic amines) is 1. The van der Waals surface area contributed by atoms with E-state index < -0.39 is 0 Å². The summed E-state index contributed by atoms with van der Waals surface area (Å²) in [6.07, 6.45) is 5.16. The number of pyridine rings is 1. The SMILES string of the molecule is CN1CCC(N2CC(C)(C)c3ccc(NC(=O)c4cccnc4Nc4ccc(C=N)c(N)c4)cc32)CC1. The van der Waals surface area contributed by atoms with Gasteiger partial charge in [0.05, 0.1) is 5.56 Å². The Bertz CT molecular complexity index is 1330. The van der Waals surface area contributed by atoms with Gasteiger partial charge in [-0.3, -0.25) is 4.79 Å². The molecule has 2 aromatic carbocycles. The van der Waals surface area contributed by atoms with Gasteiger partial charge in [0.1, 0.15) is 5.82 Å². The van der Waals surface area contributed by atoms with Gasteiger partial charge in [0.2, 0.25) is 0 Å². The van der Waals surface area contributed by atoms with E-state index in [1.807, 2.05) is 12.1 Å². The topological polar surface area (TPSA) is 110 Å². The van der Waals surface area contributed by atoms with Crippen LogP contribution in [0.15, 0.2) is 54.7 Å². The molecule has 0 saturated carbocycles. The summed E-state index contributed by atoms with van der Waals surface area (Å²) in [6.45, 7) is 7.81. The third-order valence-electron chi connectivity index (χ3n) is 7.55. The van der Waals surface area contributed by atoms with E-state index in [0.717, 1.165) is 38.2 Å². The molecule has 5 rings (SSSR count). The normalized spacial score (nSPS) is 17.3. The second kappa shape index (κ2) is 9.86. The minimum atomic E-state index is -0.234. The molecule has 8 heteroatoms. The van der Waals surface area contributed by atoms with Gasteiger partial charge in [-0.15, -0.1) is 0 Å². The molecule has 0 spiro atoms. The van der Waals surface area contributed by atoms with E-state index in [0.29, 0.717) is 34.4 Å². The Morgan fingerprint density at radius 3 is 2.62 bits per heavy atom. The van der Waals surface area contributed by atoms with Crippen LogP contribution in [0.3, 0.4) is 0 Å². The van der Waals surface area contributed by atoms with Gasteiger partial charge in [0.15, 0.2) is 0 Å². The summed E-state index contributed by atoms with van der Waals surface area (Å²) >= 11 is 0. The van der Waals surface area contributed by atoms with E-state index in [4.69, 9.17) is 11.1 Å². The predicted octanol–water partition coefficient (Wildman–Crippen LogP) is 4.85. The molecule has 1 aromatic heterocycles. The molecule has 2 aliphatic heterocycles. The number of carbonyl (C=O) groups excluding carboxylic acids is 1. The zero-order valence-electron chi connectivity index (χ0n) is 21.7. The van der Waals surface area contributed by atoms with Crippen LogP contribution in [0.1, 0.15) is 48.2 Å². The maximum atomic E-state index is 13.4. The first-order valence-electron chi connectivity index (χ1n) is 12.8. The summed E-state index contributed by atoms with van der Waals surface area (Å²) in [4.78, 5) is 22.7. The number of piperidine rings is 1. The zero-order valence-corrected chi connectivity index (χ0v) is 21.7. The second-order valence-corrected chi connectivity index (χ2v) is 10.7. The van der Waals surface area contributed by atoms with E-state index in [1.165, 1.54) is 17.5 Å². The highest BCUT2D eigenvalue weighted by Crippen LogP contribution is 2.44. The molecular formula is C29H35N7O. The number of carbonyl (C=O) groups is 1. The van der Waals surface area contributed by atoms with Crippen molar-refractivity contribution in [2.75, 3.05) is 47.9 Å². The fourth-order valence-corrected chi connectivity index (χ4v) is 5.46. The monoisotopic (exact) mass is 497 g/mol. The van der Waals surface area contributed by atoms with Gasteiger partial charge in [-0.25, -0.2) is 4.98 Å². The molecule has 0 atom stereocenters. The average Bonchev–Trinajstić information content (AvgIpc) is 3.15. The second-order valence-electron chi connectivity index (χ2n) is 10.7. The molecule has 2 aliphatic rings. The molecule has 192 valence electrons. The smallest absolute Gasteiger partial charge is 0.259 e. The lowest BCUT2D eigenvalue weighted by molar-refractivity contribution is 0.102. The molecule has 37 heavy (non-hydrogen) atoms. The first-order valence-corrected chi connectivity index (χ1v) is 12.8. The van der Waals surface area contributed by atoms with Crippen molar-refractivity contribution in [3.8, 4) is 0 Å². The number of anilines is 5. The maximum absolute atomic E-state index is 13.4. The van der Waals surface area contributed by atoms with Gasteiger partial charge < -0.3 is 31.6 Å². The Morgan fingerprint density at radius 1 is 1.14 bits per heavy atom. The third kappa shape index (κ3) is 5.02. The number of amides is 1. The minimum Gasteiger partial charge on any atom is -0.398 e. The molecule has 3 heterocycles. The van der Waals surface area contributed by atoms with Crippen molar-refractivity contribution in [1.82, 2.24) is 9.88 Å². The number of nitrogen functional groups attached to an aromatic ring is 1. The number of aromatic nitrogens is 1. The number of nitrogens with two attached hydrogens (primary N) is 1. The van der Waals surface area contributed by atoms with E-state index in [9.17, 15) is 4.79 Å². The summed E-state index contributed by atoms with van der Waals surface area (Å²) in [5.41, 5.74) is 11.7. The number of hydrogen-bond donors (Lipinski definition) is 4. The van der Waals surface area contributed by atoms with Crippen molar-refractivity contribution in [3.63, 3.8) is 0 Å². The largest absolute Gasteiger partial charge is 0.398 e. The Kier molecular flexibility index (Phi) is 6.60. The molecule has 1 amide bonds. The van der Waals surface area contributed by atoms with Crippen LogP contribution in [0, 0.1) is 5.41 Å².